The molecule has 0 bridgehead atoms. The first-order chi connectivity index (χ1) is 10.3. The van der Waals surface area contributed by atoms with Crippen molar-refractivity contribution in [3.8, 4) is 17.3 Å². The lowest BCUT2D eigenvalue weighted by atomic mass is 10.2. The quantitative estimate of drug-likeness (QED) is 0.740. The van der Waals surface area contributed by atoms with Gasteiger partial charge in [0.25, 0.3) is 0 Å². The minimum atomic E-state index is 0.635. The molecule has 0 saturated heterocycles. The molecule has 0 amide bonds. The van der Waals surface area contributed by atoms with E-state index in [0.717, 1.165) is 24.3 Å². The van der Waals surface area contributed by atoms with Crippen LogP contribution in [0.4, 0.5) is 5.82 Å². The van der Waals surface area contributed by atoms with Crippen LogP contribution in [0.1, 0.15) is 33.1 Å². The SMILES string of the molecule is CCCCCOc1cc(NCC)nc(-c2ccccc2)n1. The van der Waals surface area contributed by atoms with Crippen LogP contribution >= 0.6 is 0 Å². The second-order valence-corrected chi connectivity index (χ2v) is 4.87. The first kappa shape index (κ1) is 15.3. The van der Waals surface area contributed by atoms with Gasteiger partial charge in [-0.1, -0.05) is 50.1 Å². The summed E-state index contributed by atoms with van der Waals surface area (Å²) in [4.78, 5) is 9.05. The third-order valence-electron chi connectivity index (χ3n) is 3.09. The van der Waals surface area contributed by atoms with Crippen molar-refractivity contribution in [2.75, 3.05) is 18.5 Å². The summed E-state index contributed by atoms with van der Waals surface area (Å²) in [5.41, 5.74) is 0.996. The normalized spacial score (nSPS) is 10.4. The predicted molar refractivity (Wildman–Crippen MR) is 86.7 cm³/mol. The summed E-state index contributed by atoms with van der Waals surface area (Å²) in [5, 5.41) is 3.23. The van der Waals surface area contributed by atoms with E-state index in [1.54, 1.807) is 0 Å². The lowest BCUT2D eigenvalue weighted by molar-refractivity contribution is 0.295. The van der Waals surface area contributed by atoms with Gasteiger partial charge in [0, 0.05) is 18.2 Å². The Bertz CT molecular complexity index is 543. The average molecular weight is 285 g/mol. The van der Waals surface area contributed by atoms with Crippen LogP contribution in [0.5, 0.6) is 5.88 Å². The van der Waals surface area contributed by atoms with Gasteiger partial charge in [0.2, 0.25) is 5.88 Å². The maximum Gasteiger partial charge on any atom is 0.219 e. The highest BCUT2D eigenvalue weighted by atomic mass is 16.5. The Kier molecular flexibility index (Phi) is 6.00. The monoisotopic (exact) mass is 285 g/mol. The van der Waals surface area contributed by atoms with Gasteiger partial charge in [-0.2, -0.15) is 4.98 Å². The summed E-state index contributed by atoms with van der Waals surface area (Å²) in [6.07, 6.45) is 3.42. The van der Waals surface area contributed by atoms with Gasteiger partial charge in [0.15, 0.2) is 5.82 Å². The van der Waals surface area contributed by atoms with Crippen molar-refractivity contribution in [3.05, 3.63) is 36.4 Å². The Labute approximate surface area is 126 Å². The maximum absolute atomic E-state index is 5.77. The number of rotatable bonds is 8. The second kappa shape index (κ2) is 8.25. The van der Waals surface area contributed by atoms with Crippen LogP contribution in [0.3, 0.4) is 0 Å². The number of hydrogen-bond donors (Lipinski definition) is 1. The van der Waals surface area contributed by atoms with E-state index in [0.29, 0.717) is 18.3 Å². The van der Waals surface area contributed by atoms with Crippen LogP contribution < -0.4 is 10.1 Å². The maximum atomic E-state index is 5.77. The zero-order valence-corrected chi connectivity index (χ0v) is 12.8. The molecule has 0 radical (unpaired) electrons. The Hall–Kier alpha value is -2.10. The van der Waals surface area contributed by atoms with Crippen LogP contribution in [0.2, 0.25) is 0 Å². The minimum absolute atomic E-state index is 0.635. The molecule has 0 fully saturated rings. The Morgan fingerprint density at radius 2 is 1.86 bits per heavy atom. The summed E-state index contributed by atoms with van der Waals surface area (Å²) >= 11 is 0. The molecule has 1 aromatic carbocycles. The van der Waals surface area contributed by atoms with Crippen LogP contribution in [0.25, 0.3) is 11.4 Å². The van der Waals surface area contributed by atoms with E-state index in [-0.39, 0.29) is 0 Å². The number of unbranched alkanes of at least 4 members (excludes halogenated alkanes) is 2. The second-order valence-electron chi connectivity index (χ2n) is 4.87. The van der Waals surface area contributed by atoms with Crippen molar-refractivity contribution in [2.45, 2.75) is 33.1 Å². The fourth-order valence-electron chi connectivity index (χ4n) is 2.02. The summed E-state index contributed by atoms with van der Waals surface area (Å²) in [6, 6.07) is 11.8. The van der Waals surface area contributed by atoms with Crippen molar-refractivity contribution in [1.29, 1.82) is 0 Å². The highest BCUT2D eigenvalue weighted by Gasteiger charge is 2.07. The third-order valence-corrected chi connectivity index (χ3v) is 3.09. The van der Waals surface area contributed by atoms with E-state index in [1.807, 2.05) is 43.3 Å². The number of ether oxygens (including phenoxy) is 1. The van der Waals surface area contributed by atoms with Crippen molar-refractivity contribution < 1.29 is 4.74 Å². The van der Waals surface area contributed by atoms with Gasteiger partial charge >= 0.3 is 0 Å². The molecular formula is C17H23N3O. The molecule has 0 aliphatic rings. The van der Waals surface area contributed by atoms with E-state index in [1.165, 1.54) is 12.8 Å². The van der Waals surface area contributed by atoms with Crippen molar-refractivity contribution in [2.24, 2.45) is 0 Å². The van der Waals surface area contributed by atoms with Gasteiger partial charge in [-0.3, -0.25) is 0 Å². The molecule has 1 heterocycles. The van der Waals surface area contributed by atoms with E-state index >= 15 is 0 Å². The molecule has 0 saturated carbocycles. The highest BCUT2D eigenvalue weighted by molar-refractivity contribution is 5.58. The van der Waals surface area contributed by atoms with E-state index < -0.39 is 0 Å². The number of nitrogens with zero attached hydrogens (tertiary/aromatic N) is 2. The number of nitrogens with one attached hydrogen (secondary N) is 1. The summed E-state index contributed by atoms with van der Waals surface area (Å²) in [6.45, 7) is 5.75. The molecule has 2 rings (SSSR count). The molecule has 21 heavy (non-hydrogen) atoms. The predicted octanol–water partition coefficient (Wildman–Crippen LogP) is 4.14. The van der Waals surface area contributed by atoms with Crippen LogP contribution in [-0.4, -0.2) is 23.1 Å². The molecule has 0 atom stereocenters. The summed E-state index contributed by atoms with van der Waals surface area (Å²) in [7, 11) is 0. The number of anilines is 1. The molecular weight excluding hydrogens is 262 g/mol. The average Bonchev–Trinajstić information content (AvgIpc) is 2.53. The zero-order valence-electron chi connectivity index (χ0n) is 12.8. The fraction of sp³-hybridized carbons (Fsp3) is 0.412. The molecule has 0 aliphatic heterocycles. The largest absolute Gasteiger partial charge is 0.478 e. The lowest BCUT2D eigenvalue weighted by Crippen LogP contribution is -2.05. The Morgan fingerprint density at radius 3 is 2.57 bits per heavy atom. The van der Waals surface area contributed by atoms with Crippen molar-refractivity contribution >= 4 is 5.82 Å². The summed E-state index contributed by atoms with van der Waals surface area (Å²) in [5.74, 6) is 2.13. The van der Waals surface area contributed by atoms with Crippen molar-refractivity contribution in [3.63, 3.8) is 0 Å². The molecule has 1 N–H and O–H groups in total. The lowest BCUT2D eigenvalue weighted by Gasteiger charge is -2.10. The number of hydrogen-bond acceptors (Lipinski definition) is 4. The molecule has 0 unspecified atom stereocenters. The zero-order chi connectivity index (χ0) is 14.9. The first-order valence-electron chi connectivity index (χ1n) is 7.64. The molecule has 0 spiro atoms. The van der Waals surface area contributed by atoms with Crippen LogP contribution in [0, 0.1) is 0 Å². The molecule has 0 aliphatic carbocycles. The van der Waals surface area contributed by atoms with Crippen LogP contribution in [0.15, 0.2) is 36.4 Å². The van der Waals surface area contributed by atoms with Gasteiger partial charge in [0.1, 0.15) is 5.82 Å². The third kappa shape index (κ3) is 4.74. The van der Waals surface area contributed by atoms with Gasteiger partial charge in [0.05, 0.1) is 6.61 Å². The topological polar surface area (TPSA) is 47.0 Å². The smallest absolute Gasteiger partial charge is 0.219 e. The van der Waals surface area contributed by atoms with E-state index in [4.69, 9.17) is 4.74 Å². The van der Waals surface area contributed by atoms with Crippen molar-refractivity contribution in [1.82, 2.24) is 9.97 Å². The molecule has 2 aromatic rings. The minimum Gasteiger partial charge on any atom is -0.478 e. The molecule has 4 heteroatoms. The standard InChI is InChI=1S/C17H23N3O/c1-3-5-9-12-21-16-13-15(18-4-2)19-17(20-16)14-10-7-6-8-11-14/h6-8,10-11,13H,3-5,9,12H2,1-2H3,(H,18,19,20). The Morgan fingerprint density at radius 1 is 1.05 bits per heavy atom. The van der Waals surface area contributed by atoms with Gasteiger partial charge in [-0.25, -0.2) is 4.98 Å². The molecule has 112 valence electrons. The van der Waals surface area contributed by atoms with Gasteiger partial charge in [-0.05, 0) is 13.3 Å². The summed E-state index contributed by atoms with van der Waals surface area (Å²) < 4.78 is 5.77. The van der Waals surface area contributed by atoms with Gasteiger partial charge < -0.3 is 10.1 Å². The first-order valence-corrected chi connectivity index (χ1v) is 7.64. The van der Waals surface area contributed by atoms with E-state index in [9.17, 15) is 0 Å². The molecule has 4 nitrogen and oxygen atoms in total. The number of benzene rings is 1. The Balaban J connectivity index is 2.18. The highest BCUT2D eigenvalue weighted by Crippen LogP contribution is 2.21. The number of aromatic nitrogens is 2. The molecule has 1 aromatic heterocycles. The van der Waals surface area contributed by atoms with Gasteiger partial charge in [-0.15, -0.1) is 0 Å². The fourth-order valence-corrected chi connectivity index (χ4v) is 2.02. The van der Waals surface area contributed by atoms with Crippen LogP contribution in [-0.2, 0) is 0 Å². The van der Waals surface area contributed by atoms with E-state index in [2.05, 4.69) is 22.2 Å².